The Balaban J connectivity index is 2.05. The summed E-state index contributed by atoms with van der Waals surface area (Å²) in [5, 5.41) is 0. The van der Waals surface area contributed by atoms with Crippen molar-refractivity contribution in [1.29, 1.82) is 0 Å². The summed E-state index contributed by atoms with van der Waals surface area (Å²) < 4.78 is 16.4. The Bertz CT molecular complexity index is 617. The van der Waals surface area contributed by atoms with Crippen LogP contribution in [0.15, 0.2) is 11.1 Å². The number of aliphatic imine (C=N–C) groups is 1. The van der Waals surface area contributed by atoms with Crippen molar-refractivity contribution < 1.29 is 19.0 Å². The maximum atomic E-state index is 12.2. The van der Waals surface area contributed by atoms with Crippen molar-refractivity contribution in [2.24, 2.45) is 4.99 Å². The Morgan fingerprint density at radius 3 is 2.95 bits per heavy atom. The molecule has 0 fully saturated rings. The maximum Gasteiger partial charge on any atom is 0.392 e. The van der Waals surface area contributed by atoms with Crippen molar-refractivity contribution in [3.63, 3.8) is 0 Å². The van der Waals surface area contributed by atoms with Gasteiger partial charge in [-0.15, -0.1) is 4.99 Å². The maximum absolute atomic E-state index is 12.2. The lowest BCUT2D eigenvalue weighted by Crippen LogP contribution is -2.14. The topological polar surface area (TPSA) is 57.1 Å². The van der Waals surface area contributed by atoms with Crippen molar-refractivity contribution in [3.05, 3.63) is 28.3 Å². The highest BCUT2D eigenvalue weighted by atomic mass is 16.7. The Hall–Kier alpha value is -2.04. The molecule has 1 aromatic carbocycles. The quantitative estimate of drug-likeness (QED) is 0.857. The number of ether oxygens (including phenoxy) is 3. The van der Waals surface area contributed by atoms with E-state index in [4.69, 9.17) is 14.2 Å². The third kappa shape index (κ3) is 2.26. The van der Waals surface area contributed by atoms with Crippen LogP contribution in [0.1, 0.15) is 41.7 Å². The van der Waals surface area contributed by atoms with E-state index in [2.05, 4.69) is 11.1 Å². The largest absolute Gasteiger partial charge is 0.496 e. The zero-order valence-corrected chi connectivity index (χ0v) is 12.6. The minimum absolute atomic E-state index is 0.0582. The third-order valence-electron chi connectivity index (χ3n) is 3.96. The van der Waals surface area contributed by atoms with Crippen LogP contribution >= 0.6 is 0 Å². The highest BCUT2D eigenvalue weighted by Gasteiger charge is 2.37. The number of carbonyl (C=O) groups is 1. The number of carbonyl (C=O) groups excluding carboxylic acids is 1. The summed E-state index contributed by atoms with van der Waals surface area (Å²) in [6, 6.07) is 2.15. The minimum atomic E-state index is -0.742. The van der Waals surface area contributed by atoms with E-state index < -0.39 is 6.10 Å². The molecule has 0 spiro atoms. The van der Waals surface area contributed by atoms with E-state index in [0.717, 1.165) is 36.1 Å². The van der Waals surface area contributed by atoms with Gasteiger partial charge in [-0.25, -0.2) is 0 Å². The van der Waals surface area contributed by atoms with E-state index in [1.807, 2.05) is 13.8 Å². The molecule has 0 N–H and O–H groups in total. The molecule has 21 heavy (non-hydrogen) atoms. The zero-order chi connectivity index (χ0) is 15.0. The van der Waals surface area contributed by atoms with Gasteiger partial charge in [-0.3, -0.25) is 4.79 Å². The van der Waals surface area contributed by atoms with Gasteiger partial charge in [0.15, 0.2) is 0 Å². The number of fused-ring (bicyclic) bond motifs is 1. The number of benzene rings is 1. The molecule has 1 atom stereocenters. The molecule has 1 amide bonds. The second kappa shape index (κ2) is 5.39. The van der Waals surface area contributed by atoms with E-state index in [1.54, 1.807) is 7.11 Å². The first-order chi connectivity index (χ1) is 10.2. The predicted molar refractivity (Wildman–Crippen MR) is 77.7 cm³/mol. The van der Waals surface area contributed by atoms with Crippen LogP contribution in [0.4, 0.5) is 0 Å². The van der Waals surface area contributed by atoms with Crippen LogP contribution in [-0.2, 0) is 27.1 Å². The molecule has 5 heteroatoms. The standard InChI is InChI=1S/C16H19NO4/c1-4-20-16-17-15(18)14(21-16)12-11-7-5-6-10(11)8-9(2)13(12)19-3/h8,14H,4-7H2,1-3H3. The number of amides is 1. The highest BCUT2D eigenvalue weighted by Crippen LogP contribution is 2.41. The van der Waals surface area contributed by atoms with Gasteiger partial charge in [0.1, 0.15) is 5.75 Å². The minimum Gasteiger partial charge on any atom is -0.496 e. The molecule has 5 nitrogen and oxygen atoms in total. The van der Waals surface area contributed by atoms with Crippen molar-refractivity contribution >= 4 is 12.0 Å². The number of aryl methyl sites for hydroxylation is 2. The predicted octanol–water partition coefficient (Wildman–Crippen LogP) is 2.48. The molecule has 1 heterocycles. The Morgan fingerprint density at radius 2 is 2.24 bits per heavy atom. The summed E-state index contributed by atoms with van der Waals surface area (Å²) in [6.45, 7) is 4.24. The van der Waals surface area contributed by atoms with Gasteiger partial charge in [0.05, 0.1) is 13.7 Å². The van der Waals surface area contributed by atoms with E-state index in [-0.39, 0.29) is 12.0 Å². The number of hydrogen-bond acceptors (Lipinski definition) is 4. The fraction of sp³-hybridized carbons (Fsp3) is 0.500. The number of methoxy groups -OCH3 is 1. The summed E-state index contributed by atoms with van der Waals surface area (Å²) >= 11 is 0. The van der Waals surface area contributed by atoms with Crippen molar-refractivity contribution in [3.8, 4) is 5.75 Å². The average molecular weight is 289 g/mol. The first-order valence-electron chi connectivity index (χ1n) is 7.27. The molecular weight excluding hydrogens is 270 g/mol. The Kier molecular flexibility index (Phi) is 3.57. The van der Waals surface area contributed by atoms with Crippen molar-refractivity contribution in [1.82, 2.24) is 0 Å². The van der Waals surface area contributed by atoms with Gasteiger partial charge in [0, 0.05) is 5.56 Å². The molecule has 0 aromatic heterocycles. The number of hydrogen-bond donors (Lipinski definition) is 0. The average Bonchev–Trinajstić information content (AvgIpc) is 3.04. The van der Waals surface area contributed by atoms with Crippen LogP contribution in [-0.4, -0.2) is 25.7 Å². The first kappa shape index (κ1) is 13.9. The smallest absolute Gasteiger partial charge is 0.392 e. The summed E-state index contributed by atoms with van der Waals surface area (Å²) in [5.41, 5.74) is 4.30. The first-order valence-corrected chi connectivity index (χ1v) is 7.27. The molecule has 0 saturated heterocycles. The SMILES string of the molecule is CCOC1=NC(=O)C(c2c3c(cc(C)c2OC)CCC3)O1. The van der Waals surface area contributed by atoms with Crippen LogP contribution in [0.3, 0.4) is 0 Å². The molecule has 112 valence electrons. The Morgan fingerprint density at radius 1 is 1.43 bits per heavy atom. The fourth-order valence-electron chi connectivity index (χ4n) is 3.16. The van der Waals surface area contributed by atoms with Crippen LogP contribution in [0.2, 0.25) is 0 Å². The lowest BCUT2D eigenvalue weighted by atomic mass is 9.94. The van der Waals surface area contributed by atoms with E-state index in [9.17, 15) is 4.79 Å². The summed E-state index contributed by atoms with van der Waals surface area (Å²) in [6.07, 6.45) is 2.39. The lowest BCUT2D eigenvalue weighted by molar-refractivity contribution is -0.123. The number of nitrogens with zero attached hydrogens (tertiary/aromatic N) is 1. The number of rotatable bonds is 3. The van der Waals surface area contributed by atoms with E-state index >= 15 is 0 Å². The molecule has 3 rings (SSSR count). The summed E-state index contributed by atoms with van der Waals surface area (Å²) in [7, 11) is 1.62. The van der Waals surface area contributed by atoms with E-state index in [0.29, 0.717) is 6.61 Å². The highest BCUT2D eigenvalue weighted by molar-refractivity contribution is 5.97. The molecular formula is C16H19NO4. The molecule has 0 bridgehead atoms. The molecule has 0 radical (unpaired) electrons. The Labute approximate surface area is 123 Å². The molecule has 2 aliphatic rings. The van der Waals surface area contributed by atoms with Crippen molar-refractivity contribution in [2.75, 3.05) is 13.7 Å². The normalized spacial score (nSPS) is 20.0. The molecule has 1 unspecified atom stereocenters. The van der Waals surface area contributed by atoms with E-state index in [1.165, 1.54) is 11.1 Å². The lowest BCUT2D eigenvalue weighted by Gasteiger charge is -2.19. The second-order valence-electron chi connectivity index (χ2n) is 5.28. The molecule has 1 aliphatic heterocycles. The summed E-state index contributed by atoms with van der Waals surface area (Å²) in [5.74, 6) is 0.401. The monoisotopic (exact) mass is 289 g/mol. The van der Waals surface area contributed by atoms with Crippen LogP contribution in [0.25, 0.3) is 0 Å². The van der Waals surface area contributed by atoms with Crippen LogP contribution in [0.5, 0.6) is 5.75 Å². The van der Waals surface area contributed by atoms with Gasteiger partial charge in [-0.1, -0.05) is 6.07 Å². The molecule has 0 saturated carbocycles. The van der Waals surface area contributed by atoms with Gasteiger partial charge in [0.2, 0.25) is 6.10 Å². The van der Waals surface area contributed by atoms with Crippen LogP contribution < -0.4 is 4.74 Å². The molecule has 1 aliphatic carbocycles. The van der Waals surface area contributed by atoms with Gasteiger partial charge >= 0.3 is 6.08 Å². The van der Waals surface area contributed by atoms with Crippen molar-refractivity contribution in [2.45, 2.75) is 39.2 Å². The van der Waals surface area contributed by atoms with Gasteiger partial charge in [0.25, 0.3) is 5.91 Å². The van der Waals surface area contributed by atoms with Crippen LogP contribution in [0, 0.1) is 6.92 Å². The molecule has 1 aromatic rings. The zero-order valence-electron chi connectivity index (χ0n) is 12.6. The second-order valence-corrected chi connectivity index (χ2v) is 5.28. The van der Waals surface area contributed by atoms with Gasteiger partial charge in [-0.05, 0) is 49.8 Å². The van der Waals surface area contributed by atoms with Gasteiger partial charge in [-0.2, -0.15) is 0 Å². The third-order valence-corrected chi connectivity index (χ3v) is 3.96. The van der Waals surface area contributed by atoms with Gasteiger partial charge < -0.3 is 14.2 Å². The summed E-state index contributed by atoms with van der Waals surface area (Å²) in [4.78, 5) is 16.0. The fourth-order valence-corrected chi connectivity index (χ4v) is 3.16.